The van der Waals surface area contributed by atoms with Crippen molar-refractivity contribution in [2.75, 3.05) is 0 Å². The molecule has 0 radical (unpaired) electrons. The van der Waals surface area contributed by atoms with Crippen molar-refractivity contribution < 1.29 is 55.9 Å². The normalized spacial score (nSPS) is 12.6. The van der Waals surface area contributed by atoms with E-state index in [4.69, 9.17) is 0 Å². The summed E-state index contributed by atoms with van der Waals surface area (Å²) >= 11 is 0. The van der Waals surface area contributed by atoms with Crippen molar-refractivity contribution >= 4 is 0 Å². The van der Waals surface area contributed by atoms with Crippen molar-refractivity contribution in [1.29, 1.82) is 0 Å². The summed E-state index contributed by atoms with van der Waals surface area (Å²) in [5, 5.41) is -0.542. The largest absolute Gasteiger partial charge is 1.00 e. The fourth-order valence-corrected chi connectivity index (χ4v) is 0.161. The van der Waals surface area contributed by atoms with E-state index in [0.717, 1.165) is 0 Å². The summed E-state index contributed by atoms with van der Waals surface area (Å²) in [6.45, 7) is 0. The topological polar surface area (TPSA) is 12.0 Å². The van der Waals surface area contributed by atoms with Crippen LogP contribution in [0.1, 0.15) is 0 Å². The third kappa shape index (κ3) is 11.4. The van der Waals surface area contributed by atoms with Crippen LogP contribution in [-0.2, 0) is 0 Å². The monoisotopic (exact) mass is 176 g/mol. The minimum Gasteiger partial charge on any atom is -0.155 e. The van der Waals surface area contributed by atoms with Crippen molar-refractivity contribution in [3.63, 3.8) is 0 Å². The fourth-order valence-electron chi connectivity index (χ4n) is 0.161. The Bertz CT molecular complexity index is 80.9. The van der Waals surface area contributed by atoms with E-state index in [1.54, 1.807) is 0 Å². The maximum absolute atomic E-state index is 10.7. The second kappa shape index (κ2) is 3.80. The molecule has 0 spiro atoms. The Balaban J connectivity index is 0. The first kappa shape index (κ1) is 13.2. The van der Waals surface area contributed by atoms with Gasteiger partial charge in [0.1, 0.15) is 0 Å². The Kier molecular flexibility index (Phi) is 4.99. The molecule has 0 bridgehead atoms. The number of nitrogens with one attached hydrogen (secondary N) is 1. The second-order valence-corrected chi connectivity index (χ2v) is 1.12. The van der Waals surface area contributed by atoms with Gasteiger partial charge in [0, 0.05) is 0 Å². The smallest absolute Gasteiger partial charge is 0.155 e. The Labute approximate surface area is 74.1 Å². The Hall–Kier alpha value is 0.540. The number of alkyl halides is 6. The van der Waals surface area contributed by atoms with Crippen LogP contribution in [0.5, 0.6) is 0 Å². The average Bonchev–Trinajstić information content (AvgIpc) is 1.14. The van der Waals surface area contributed by atoms with E-state index in [0.29, 0.717) is 0 Å². The van der Waals surface area contributed by atoms with E-state index >= 15 is 0 Å². The van der Waals surface area contributed by atoms with Crippen molar-refractivity contribution in [3.05, 3.63) is 0 Å². The Morgan fingerprint density at radius 3 is 0.900 bits per heavy atom. The third-order valence-electron chi connectivity index (χ3n) is 0.283. The van der Waals surface area contributed by atoms with Crippen molar-refractivity contribution in [3.8, 4) is 0 Å². The van der Waals surface area contributed by atoms with Crippen molar-refractivity contribution in [2.45, 2.75) is 12.6 Å². The fraction of sp³-hybridized carbons (Fsp3) is 1.00. The quantitative estimate of drug-likeness (QED) is 0.272. The number of rotatable bonds is 0. The molecule has 0 unspecified atom stereocenters. The molecule has 0 rings (SSSR count). The zero-order valence-corrected chi connectivity index (χ0v) is 6.77. The van der Waals surface area contributed by atoms with E-state index in [1.807, 2.05) is 0 Å². The molecule has 0 heterocycles. The van der Waals surface area contributed by atoms with Crippen LogP contribution in [0.2, 0.25) is 0 Å². The molecule has 0 aliphatic rings. The average molecular weight is 176 g/mol. The molecule has 1 N–H and O–H groups in total. The first-order chi connectivity index (χ1) is 3.71. The van der Waals surface area contributed by atoms with Gasteiger partial charge >= 0.3 is 42.2 Å². The molecule has 0 aliphatic carbocycles. The summed E-state index contributed by atoms with van der Waals surface area (Å²) in [4.78, 5) is 0. The van der Waals surface area contributed by atoms with Gasteiger partial charge in [-0.25, -0.2) is 0 Å². The molecular weight excluding hydrogens is 175 g/mol. The standard InChI is InChI=1S/C2HF6N.Na/c3-1(4,5)9-2(6,7)8;/h9H;/q;+1. The van der Waals surface area contributed by atoms with E-state index in [9.17, 15) is 26.3 Å². The van der Waals surface area contributed by atoms with Gasteiger partial charge in [0.25, 0.3) is 0 Å². The minimum absolute atomic E-state index is 0. The summed E-state index contributed by atoms with van der Waals surface area (Å²) < 4.78 is 64.3. The van der Waals surface area contributed by atoms with Gasteiger partial charge in [0.15, 0.2) is 0 Å². The van der Waals surface area contributed by atoms with Gasteiger partial charge in [-0.1, -0.05) is 0 Å². The second-order valence-electron chi connectivity index (χ2n) is 1.12. The van der Waals surface area contributed by atoms with E-state index in [-0.39, 0.29) is 29.6 Å². The third-order valence-corrected chi connectivity index (χ3v) is 0.283. The van der Waals surface area contributed by atoms with Gasteiger partial charge in [-0.05, 0) is 0 Å². The molecule has 0 saturated carbocycles. The predicted molar refractivity (Wildman–Crippen MR) is 15.2 cm³/mol. The van der Waals surface area contributed by atoms with E-state index in [1.165, 1.54) is 0 Å². The molecule has 0 fully saturated rings. The van der Waals surface area contributed by atoms with E-state index in [2.05, 4.69) is 0 Å². The minimum atomic E-state index is -5.39. The van der Waals surface area contributed by atoms with Crippen LogP contribution < -0.4 is 34.9 Å². The first-order valence-electron chi connectivity index (χ1n) is 1.63. The van der Waals surface area contributed by atoms with Crippen molar-refractivity contribution in [2.24, 2.45) is 0 Å². The Morgan fingerprint density at radius 1 is 0.700 bits per heavy atom. The molecule has 0 aromatic heterocycles. The number of hydrogen-bond donors (Lipinski definition) is 1. The first-order valence-corrected chi connectivity index (χ1v) is 1.63. The molecule has 56 valence electrons. The summed E-state index contributed by atoms with van der Waals surface area (Å²) in [6, 6.07) is 0. The van der Waals surface area contributed by atoms with Crippen LogP contribution in [0, 0.1) is 0 Å². The van der Waals surface area contributed by atoms with Crippen LogP contribution in [0.25, 0.3) is 0 Å². The SMILES string of the molecule is FC(F)(F)NC(F)(F)F.[Na+]. The molecule has 10 heavy (non-hydrogen) atoms. The molecule has 8 heteroatoms. The maximum atomic E-state index is 10.7. The molecule has 0 aromatic rings. The molecule has 0 aliphatic heterocycles. The predicted octanol–water partition coefficient (Wildman–Crippen LogP) is -1.38. The summed E-state index contributed by atoms with van der Waals surface area (Å²) in [6.07, 6.45) is -10.8. The molecule has 0 atom stereocenters. The van der Waals surface area contributed by atoms with Gasteiger partial charge in [-0.15, -0.1) is 5.32 Å². The molecule has 0 saturated heterocycles. The van der Waals surface area contributed by atoms with E-state index < -0.39 is 17.9 Å². The molecule has 0 aromatic carbocycles. The van der Waals surface area contributed by atoms with Gasteiger partial charge in [0.2, 0.25) is 0 Å². The molecular formula is C2HF6NNa+. The summed E-state index contributed by atoms with van der Waals surface area (Å²) in [7, 11) is 0. The number of halogens is 6. The zero-order chi connectivity index (χ0) is 7.71. The maximum Gasteiger partial charge on any atom is 1.00 e. The van der Waals surface area contributed by atoms with Crippen LogP contribution in [-0.4, -0.2) is 12.6 Å². The Morgan fingerprint density at radius 2 is 0.900 bits per heavy atom. The van der Waals surface area contributed by atoms with Crippen LogP contribution in [0.4, 0.5) is 26.3 Å². The summed E-state index contributed by atoms with van der Waals surface area (Å²) in [5.41, 5.74) is 0. The summed E-state index contributed by atoms with van der Waals surface area (Å²) in [5.74, 6) is 0. The molecule has 0 amide bonds. The van der Waals surface area contributed by atoms with Gasteiger partial charge < -0.3 is 0 Å². The van der Waals surface area contributed by atoms with Crippen LogP contribution in [0.3, 0.4) is 0 Å². The zero-order valence-electron chi connectivity index (χ0n) is 4.77. The van der Waals surface area contributed by atoms with Crippen LogP contribution >= 0.6 is 0 Å². The molecule has 1 nitrogen and oxygen atoms in total. The van der Waals surface area contributed by atoms with Crippen molar-refractivity contribution in [1.82, 2.24) is 5.32 Å². The van der Waals surface area contributed by atoms with Gasteiger partial charge in [-0.2, -0.15) is 26.3 Å². The van der Waals surface area contributed by atoms with Crippen LogP contribution in [0.15, 0.2) is 0 Å². The number of hydrogen-bond acceptors (Lipinski definition) is 1. The van der Waals surface area contributed by atoms with Gasteiger partial charge in [-0.3, -0.25) is 0 Å². The van der Waals surface area contributed by atoms with Gasteiger partial charge in [0.05, 0.1) is 0 Å².